The summed E-state index contributed by atoms with van der Waals surface area (Å²) in [5.74, 6) is -0.658. The second-order valence-electron chi connectivity index (χ2n) is 6.84. The Morgan fingerprint density at radius 3 is 2.30 bits per heavy atom. The molecule has 0 fully saturated rings. The summed E-state index contributed by atoms with van der Waals surface area (Å²) in [5.41, 5.74) is -0.362. The van der Waals surface area contributed by atoms with Crippen LogP contribution in [-0.4, -0.2) is 17.4 Å². The first-order valence-corrected chi connectivity index (χ1v) is 6.72. The smallest absolute Gasteiger partial charge is 0.309 e. The molecule has 1 aromatic heterocycles. The molecule has 0 aromatic carbocycles. The van der Waals surface area contributed by atoms with Crippen LogP contribution >= 0.6 is 0 Å². The van der Waals surface area contributed by atoms with Crippen LogP contribution in [0.3, 0.4) is 0 Å². The molecule has 1 rings (SSSR count). The third-order valence-electron chi connectivity index (χ3n) is 2.63. The number of amides is 2. The lowest BCUT2D eigenvalue weighted by molar-refractivity contribution is -0.140. The van der Waals surface area contributed by atoms with Crippen LogP contribution in [0.2, 0.25) is 0 Å². The first kappa shape index (κ1) is 16.3. The number of carbonyl (C=O) groups excluding carboxylic acids is 2. The third-order valence-corrected chi connectivity index (χ3v) is 2.63. The van der Waals surface area contributed by atoms with E-state index in [4.69, 9.17) is 4.42 Å². The van der Waals surface area contributed by atoms with Crippen molar-refractivity contribution in [2.75, 3.05) is 0 Å². The minimum absolute atomic E-state index is 0.0709. The van der Waals surface area contributed by atoms with Gasteiger partial charge in [-0.05, 0) is 37.8 Å². The molecule has 5 nitrogen and oxygen atoms in total. The number of furan rings is 1. The molecule has 0 unspecified atom stereocenters. The predicted octanol–water partition coefficient (Wildman–Crippen LogP) is 2.23. The van der Waals surface area contributed by atoms with E-state index in [1.807, 2.05) is 13.8 Å². The normalized spacial score (nSPS) is 12.1. The van der Waals surface area contributed by atoms with Gasteiger partial charge in [0.25, 0.3) is 0 Å². The Kier molecular flexibility index (Phi) is 4.98. The molecule has 1 aromatic rings. The zero-order valence-electron chi connectivity index (χ0n) is 12.9. The van der Waals surface area contributed by atoms with Crippen molar-refractivity contribution in [3.8, 4) is 0 Å². The molecule has 0 atom stereocenters. The number of hydrogen-bond donors (Lipinski definition) is 2. The number of hydrogen-bond acceptors (Lipinski definition) is 3. The van der Waals surface area contributed by atoms with Crippen LogP contribution in [0.25, 0.3) is 0 Å². The maximum Gasteiger partial charge on any atom is 0.309 e. The van der Waals surface area contributed by atoms with Crippen LogP contribution in [0.5, 0.6) is 0 Å². The Hall–Kier alpha value is -1.78. The van der Waals surface area contributed by atoms with E-state index >= 15 is 0 Å². The van der Waals surface area contributed by atoms with Crippen LogP contribution in [0.4, 0.5) is 0 Å². The summed E-state index contributed by atoms with van der Waals surface area (Å²) >= 11 is 0. The van der Waals surface area contributed by atoms with E-state index in [9.17, 15) is 9.59 Å². The van der Waals surface area contributed by atoms with Gasteiger partial charge in [-0.1, -0.05) is 20.8 Å². The Labute approximate surface area is 120 Å². The first-order valence-electron chi connectivity index (χ1n) is 6.72. The average molecular weight is 280 g/mol. The van der Waals surface area contributed by atoms with E-state index in [0.717, 1.165) is 6.42 Å². The molecule has 0 aliphatic heterocycles. The van der Waals surface area contributed by atoms with E-state index in [1.165, 1.54) is 6.26 Å². The second-order valence-corrected chi connectivity index (χ2v) is 6.84. The van der Waals surface area contributed by atoms with E-state index in [-0.39, 0.29) is 12.0 Å². The summed E-state index contributed by atoms with van der Waals surface area (Å²) in [6, 6.07) is 3.47. The maximum atomic E-state index is 11.9. The Morgan fingerprint density at radius 2 is 1.80 bits per heavy atom. The Balaban J connectivity index is 2.46. The lowest BCUT2D eigenvalue weighted by Crippen LogP contribution is -2.51. The zero-order chi connectivity index (χ0) is 15.4. The minimum atomic E-state index is -0.650. The molecule has 0 aliphatic rings. The van der Waals surface area contributed by atoms with Gasteiger partial charge in [0.15, 0.2) is 0 Å². The summed E-state index contributed by atoms with van der Waals surface area (Å²) in [6.45, 7) is 10.3. The predicted molar refractivity (Wildman–Crippen MR) is 76.8 cm³/mol. The lowest BCUT2D eigenvalue weighted by atomic mass is 9.82. The highest BCUT2D eigenvalue weighted by molar-refractivity contribution is 6.35. The molecule has 20 heavy (non-hydrogen) atoms. The molecule has 0 bridgehead atoms. The minimum Gasteiger partial charge on any atom is -0.467 e. The zero-order valence-corrected chi connectivity index (χ0v) is 12.9. The van der Waals surface area contributed by atoms with Gasteiger partial charge in [0.2, 0.25) is 0 Å². The highest BCUT2D eigenvalue weighted by atomic mass is 16.3. The van der Waals surface area contributed by atoms with Gasteiger partial charge < -0.3 is 15.1 Å². The summed E-state index contributed by atoms with van der Waals surface area (Å²) < 4.78 is 5.08. The van der Waals surface area contributed by atoms with Gasteiger partial charge in [0.05, 0.1) is 12.8 Å². The molecule has 0 aliphatic carbocycles. The fourth-order valence-corrected chi connectivity index (χ4v) is 2.39. The van der Waals surface area contributed by atoms with Gasteiger partial charge in [0.1, 0.15) is 5.76 Å². The van der Waals surface area contributed by atoms with Gasteiger partial charge in [-0.2, -0.15) is 0 Å². The van der Waals surface area contributed by atoms with Crippen LogP contribution < -0.4 is 10.6 Å². The van der Waals surface area contributed by atoms with Crippen molar-refractivity contribution in [2.24, 2.45) is 5.41 Å². The van der Waals surface area contributed by atoms with Crippen molar-refractivity contribution in [3.05, 3.63) is 24.2 Å². The molecule has 0 radical (unpaired) electrons. The van der Waals surface area contributed by atoms with Crippen LogP contribution in [0.1, 0.15) is 46.8 Å². The first-order chi connectivity index (χ1) is 9.09. The Morgan fingerprint density at radius 1 is 1.15 bits per heavy atom. The summed E-state index contributed by atoms with van der Waals surface area (Å²) in [4.78, 5) is 23.6. The number of nitrogens with one attached hydrogen (secondary N) is 2. The van der Waals surface area contributed by atoms with Crippen molar-refractivity contribution in [3.63, 3.8) is 0 Å². The summed E-state index contributed by atoms with van der Waals surface area (Å²) in [7, 11) is 0. The quantitative estimate of drug-likeness (QED) is 0.831. The second kappa shape index (κ2) is 6.11. The van der Waals surface area contributed by atoms with Crippen molar-refractivity contribution in [1.82, 2.24) is 10.6 Å². The van der Waals surface area contributed by atoms with Gasteiger partial charge in [-0.25, -0.2) is 0 Å². The molecule has 2 amide bonds. The largest absolute Gasteiger partial charge is 0.467 e. The molecule has 0 spiro atoms. The van der Waals surface area contributed by atoms with Crippen molar-refractivity contribution in [1.29, 1.82) is 0 Å². The SMILES string of the molecule is CC(C)(C)CC(C)(C)NC(=O)C(=O)NCc1ccco1. The average Bonchev–Trinajstić information content (AvgIpc) is 2.74. The monoisotopic (exact) mass is 280 g/mol. The van der Waals surface area contributed by atoms with E-state index in [0.29, 0.717) is 5.76 Å². The topological polar surface area (TPSA) is 71.3 Å². The molecule has 0 saturated heterocycles. The van der Waals surface area contributed by atoms with Crippen LogP contribution in [0.15, 0.2) is 22.8 Å². The maximum absolute atomic E-state index is 11.9. The molecule has 5 heteroatoms. The summed E-state index contributed by atoms with van der Waals surface area (Å²) in [6.07, 6.45) is 2.30. The van der Waals surface area contributed by atoms with Gasteiger partial charge in [-0.3, -0.25) is 9.59 Å². The highest BCUT2D eigenvalue weighted by Crippen LogP contribution is 2.26. The number of carbonyl (C=O) groups is 2. The van der Waals surface area contributed by atoms with Gasteiger partial charge >= 0.3 is 11.8 Å². The molecule has 112 valence electrons. The highest BCUT2D eigenvalue weighted by Gasteiger charge is 2.29. The van der Waals surface area contributed by atoms with Crippen LogP contribution in [-0.2, 0) is 16.1 Å². The van der Waals surface area contributed by atoms with E-state index < -0.39 is 17.4 Å². The van der Waals surface area contributed by atoms with E-state index in [1.54, 1.807) is 12.1 Å². The summed E-state index contributed by atoms with van der Waals surface area (Å²) in [5, 5.41) is 5.29. The number of rotatable bonds is 4. The molecule has 2 N–H and O–H groups in total. The lowest BCUT2D eigenvalue weighted by Gasteiger charge is -2.33. The molecule has 0 saturated carbocycles. The Bertz CT molecular complexity index is 456. The molecular weight excluding hydrogens is 256 g/mol. The standard InChI is InChI=1S/C15H24N2O3/c1-14(2,3)10-15(4,5)17-13(19)12(18)16-9-11-7-6-8-20-11/h6-8H,9-10H2,1-5H3,(H,16,18)(H,17,19). The fourth-order valence-electron chi connectivity index (χ4n) is 2.39. The molecular formula is C15H24N2O3. The molecule has 1 heterocycles. The van der Waals surface area contributed by atoms with E-state index in [2.05, 4.69) is 31.4 Å². The van der Waals surface area contributed by atoms with Gasteiger partial charge in [0, 0.05) is 5.54 Å². The third kappa shape index (κ3) is 5.91. The van der Waals surface area contributed by atoms with Crippen LogP contribution in [0, 0.1) is 5.41 Å². The van der Waals surface area contributed by atoms with Crippen molar-refractivity contribution >= 4 is 11.8 Å². The van der Waals surface area contributed by atoms with Crippen molar-refractivity contribution in [2.45, 2.75) is 53.1 Å². The van der Waals surface area contributed by atoms with Crippen molar-refractivity contribution < 1.29 is 14.0 Å². The fraction of sp³-hybridized carbons (Fsp3) is 0.600. The van der Waals surface area contributed by atoms with Gasteiger partial charge in [-0.15, -0.1) is 0 Å².